The molecule has 1 heterocycles. The largest absolute Gasteiger partial charge is 0.489 e. The maximum Gasteiger partial charge on any atom is 0.120 e. The van der Waals surface area contributed by atoms with Gasteiger partial charge in [-0.15, -0.1) is 0 Å². The second-order valence-corrected chi connectivity index (χ2v) is 7.90. The summed E-state index contributed by atoms with van der Waals surface area (Å²) in [6.07, 6.45) is 0. The van der Waals surface area contributed by atoms with Crippen LogP contribution in [0.1, 0.15) is 22.3 Å². The number of rotatable bonds is 6. The zero-order valence-electron chi connectivity index (χ0n) is 17.5. The van der Waals surface area contributed by atoms with Crippen molar-refractivity contribution in [3.63, 3.8) is 0 Å². The van der Waals surface area contributed by atoms with E-state index in [1.165, 1.54) is 27.9 Å². The van der Waals surface area contributed by atoms with Gasteiger partial charge in [0.25, 0.3) is 0 Å². The molecule has 0 radical (unpaired) electrons. The lowest BCUT2D eigenvalue weighted by atomic mass is 10.1. The molecule has 3 aromatic rings. The third-order valence-electron chi connectivity index (χ3n) is 5.84. The summed E-state index contributed by atoms with van der Waals surface area (Å²) >= 11 is 0. The summed E-state index contributed by atoms with van der Waals surface area (Å²) in [4.78, 5) is 5.07. The van der Waals surface area contributed by atoms with Gasteiger partial charge in [0, 0.05) is 38.4 Å². The second kappa shape index (κ2) is 9.15. The van der Waals surface area contributed by atoms with Gasteiger partial charge in [0.2, 0.25) is 0 Å². The lowest BCUT2D eigenvalue weighted by Gasteiger charge is -2.37. The summed E-state index contributed by atoms with van der Waals surface area (Å²) in [5, 5.41) is 0. The van der Waals surface area contributed by atoms with Crippen LogP contribution in [0.4, 0.5) is 5.69 Å². The van der Waals surface area contributed by atoms with E-state index in [-0.39, 0.29) is 0 Å². The van der Waals surface area contributed by atoms with Crippen molar-refractivity contribution in [1.82, 2.24) is 4.90 Å². The summed E-state index contributed by atoms with van der Waals surface area (Å²) in [6.45, 7) is 10.3. The third kappa shape index (κ3) is 4.99. The van der Waals surface area contributed by atoms with Crippen molar-refractivity contribution in [2.24, 2.45) is 0 Å². The first-order valence-corrected chi connectivity index (χ1v) is 10.5. The zero-order valence-corrected chi connectivity index (χ0v) is 17.5. The van der Waals surface area contributed by atoms with Crippen molar-refractivity contribution in [3.8, 4) is 5.75 Å². The monoisotopic (exact) mass is 386 g/mol. The van der Waals surface area contributed by atoms with Gasteiger partial charge in [-0.1, -0.05) is 54.6 Å². The number of nitrogens with zero attached hydrogens (tertiary/aromatic N) is 2. The van der Waals surface area contributed by atoms with Crippen molar-refractivity contribution < 1.29 is 4.74 Å². The van der Waals surface area contributed by atoms with Crippen LogP contribution in [0.5, 0.6) is 5.75 Å². The highest BCUT2D eigenvalue weighted by Crippen LogP contribution is 2.24. The molecule has 150 valence electrons. The molecule has 0 amide bonds. The summed E-state index contributed by atoms with van der Waals surface area (Å²) < 4.78 is 5.99. The number of hydrogen-bond acceptors (Lipinski definition) is 3. The highest BCUT2D eigenvalue weighted by atomic mass is 16.5. The molecule has 0 aliphatic carbocycles. The van der Waals surface area contributed by atoms with E-state index in [9.17, 15) is 0 Å². The Hall–Kier alpha value is -2.78. The molecule has 0 bridgehead atoms. The second-order valence-electron chi connectivity index (χ2n) is 7.90. The fraction of sp³-hybridized carbons (Fsp3) is 0.308. The van der Waals surface area contributed by atoms with Crippen LogP contribution in [0.25, 0.3) is 0 Å². The first-order chi connectivity index (χ1) is 14.2. The van der Waals surface area contributed by atoms with Crippen molar-refractivity contribution in [2.75, 3.05) is 31.1 Å². The minimum atomic E-state index is 0.610. The van der Waals surface area contributed by atoms with Crippen LogP contribution in [0.15, 0.2) is 72.8 Å². The molecule has 0 spiro atoms. The molecule has 29 heavy (non-hydrogen) atoms. The van der Waals surface area contributed by atoms with E-state index in [4.69, 9.17) is 4.74 Å². The summed E-state index contributed by atoms with van der Waals surface area (Å²) in [5.41, 5.74) is 6.68. The molecule has 0 saturated carbocycles. The Morgan fingerprint density at radius 3 is 2.28 bits per heavy atom. The highest BCUT2D eigenvalue weighted by Gasteiger charge is 2.19. The first-order valence-electron chi connectivity index (χ1n) is 10.5. The molecule has 0 unspecified atom stereocenters. The molecular weight excluding hydrogens is 356 g/mol. The van der Waals surface area contributed by atoms with E-state index in [0.29, 0.717) is 6.61 Å². The van der Waals surface area contributed by atoms with Crippen LogP contribution >= 0.6 is 0 Å². The van der Waals surface area contributed by atoms with E-state index in [0.717, 1.165) is 38.5 Å². The Balaban J connectivity index is 1.32. The van der Waals surface area contributed by atoms with E-state index in [1.807, 2.05) is 24.3 Å². The van der Waals surface area contributed by atoms with Gasteiger partial charge in [-0.05, 0) is 54.3 Å². The van der Waals surface area contributed by atoms with Gasteiger partial charge in [0.1, 0.15) is 12.4 Å². The van der Waals surface area contributed by atoms with Gasteiger partial charge < -0.3 is 9.64 Å². The third-order valence-corrected chi connectivity index (χ3v) is 5.84. The minimum absolute atomic E-state index is 0.610. The molecule has 0 aromatic heterocycles. The lowest BCUT2D eigenvalue weighted by Crippen LogP contribution is -2.46. The number of benzene rings is 3. The number of ether oxygens (including phenoxy) is 1. The quantitative estimate of drug-likeness (QED) is 0.579. The van der Waals surface area contributed by atoms with Crippen LogP contribution < -0.4 is 9.64 Å². The number of hydrogen-bond donors (Lipinski definition) is 0. The van der Waals surface area contributed by atoms with E-state index >= 15 is 0 Å². The van der Waals surface area contributed by atoms with Gasteiger partial charge >= 0.3 is 0 Å². The molecule has 3 heteroatoms. The fourth-order valence-electron chi connectivity index (χ4n) is 3.96. The molecule has 4 rings (SSSR count). The van der Waals surface area contributed by atoms with Crippen LogP contribution in [0, 0.1) is 13.8 Å². The molecular formula is C26H30N2O. The predicted molar refractivity (Wildman–Crippen MR) is 121 cm³/mol. The Morgan fingerprint density at radius 1 is 0.759 bits per heavy atom. The van der Waals surface area contributed by atoms with Crippen LogP contribution in [-0.4, -0.2) is 31.1 Å². The van der Waals surface area contributed by atoms with Gasteiger partial charge in [-0.3, -0.25) is 4.90 Å². The fourth-order valence-corrected chi connectivity index (χ4v) is 3.96. The van der Waals surface area contributed by atoms with Crippen molar-refractivity contribution in [1.29, 1.82) is 0 Å². The first kappa shape index (κ1) is 19.5. The molecule has 1 saturated heterocycles. The maximum atomic E-state index is 5.99. The van der Waals surface area contributed by atoms with Crippen molar-refractivity contribution in [3.05, 3.63) is 95.1 Å². The molecule has 0 N–H and O–H groups in total. The SMILES string of the molecule is Cc1cccc(N2CCN(Cc3cccc(OCc4ccccc4)c3)CC2)c1C. The van der Waals surface area contributed by atoms with Gasteiger partial charge in [-0.25, -0.2) is 0 Å². The topological polar surface area (TPSA) is 15.7 Å². The Bertz CT molecular complexity index is 930. The smallest absolute Gasteiger partial charge is 0.120 e. The molecule has 1 aliphatic heterocycles. The number of aryl methyl sites for hydroxylation is 1. The van der Waals surface area contributed by atoms with E-state index < -0.39 is 0 Å². The molecule has 0 atom stereocenters. The average Bonchev–Trinajstić information content (AvgIpc) is 2.76. The Kier molecular flexibility index (Phi) is 6.16. The zero-order chi connectivity index (χ0) is 20.1. The predicted octanol–water partition coefficient (Wildman–Crippen LogP) is 5.20. The summed E-state index contributed by atoms with van der Waals surface area (Å²) in [5.74, 6) is 0.945. The minimum Gasteiger partial charge on any atom is -0.489 e. The van der Waals surface area contributed by atoms with E-state index in [2.05, 4.69) is 72.2 Å². The standard InChI is InChI=1S/C26H30N2O/c1-21-8-6-13-26(22(21)2)28-16-14-27(15-17-28)19-24-11-7-12-25(18-24)29-20-23-9-4-3-5-10-23/h3-13,18H,14-17,19-20H2,1-2H3. The van der Waals surface area contributed by atoms with Crippen LogP contribution in [0.2, 0.25) is 0 Å². The normalized spacial score (nSPS) is 14.8. The van der Waals surface area contributed by atoms with E-state index in [1.54, 1.807) is 0 Å². The van der Waals surface area contributed by atoms with Gasteiger partial charge in [0.05, 0.1) is 0 Å². The van der Waals surface area contributed by atoms with Crippen molar-refractivity contribution >= 4 is 5.69 Å². The Morgan fingerprint density at radius 2 is 1.48 bits per heavy atom. The summed E-state index contributed by atoms with van der Waals surface area (Å²) in [6, 6.07) is 25.5. The lowest BCUT2D eigenvalue weighted by molar-refractivity contribution is 0.249. The van der Waals surface area contributed by atoms with Gasteiger partial charge in [0.15, 0.2) is 0 Å². The maximum absolute atomic E-state index is 5.99. The Labute approximate surface area is 174 Å². The number of anilines is 1. The molecule has 1 aliphatic rings. The molecule has 3 aromatic carbocycles. The van der Waals surface area contributed by atoms with Crippen molar-refractivity contribution in [2.45, 2.75) is 27.0 Å². The van der Waals surface area contributed by atoms with Crippen LogP contribution in [0.3, 0.4) is 0 Å². The number of piperazine rings is 1. The highest BCUT2D eigenvalue weighted by molar-refractivity contribution is 5.56. The molecule has 1 fully saturated rings. The van der Waals surface area contributed by atoms with Gasteiger partial charge in [-0.2, -0.15) is 0 Å². The average molecular weight is 387 g/mol. The van der Waals surface area contributed by atoms with Crippen LogP contribution in [-0.2, 0) is 13.2 Å². The summed E-state index contributed by atoms with van der Waals surface area (Å²) in [7, 11) is 0. The molecule has 3 nitrogen and oxygen atoms in total.